The highest BCUT2D eigenvalue weighted by Crippen LogP contribution is 2.34. The van der Waals surface area contributed by atoms with Crippen molar-refractivity contribution in [2.75, 3.05) is 13.7 Å². The van der Waals surface area contributed by atoms with E-state index >= 15 is 0 Å². The third kappa shape index (κ3) is 4.09. The molecule has 0 saturated heterocycles. The molecule has 98 valence electrons. The van der Waals surface area contributed by atoms with Crippen LogP contribution in [0.3, 0.4) is 0 Å². The van der Waals surface area contributed by atoms with Gasteiger partial charge in [-0.2, -0.15) is 0 Å². The van der Waals surface area contributed by atoms with Gasteiger partial charge in [0.2, 0.25) is 0 Å². The summed E-state index contributed by atoms with van der Waals surface area (Å²) in [6.45, 7) is 9.91. The largest absolute Gasteiger partial charge is 0.379 e. The van der Waals surface area contributed by atoms with E-state index in [1.165, 1.54) is 4.88 Å². The van der Waals surface area contributed by atoms with E-state index in [0.717, 1.165) is 13.0 Å². The van der Waals surface area contributed by atoms with E-state index in [9.17, 15) is 0 Å². The number of methoxy groups -OCH3 is 1. The highest BCUT2D eigenvalue weighted by atomic mass is 32.1. The zero-order valence-corrected chi connectivity index (χ0v) is 12.4. The number of rotatable bonds is 6. The van der Waals surface area contributed by atoms with Crippen LogP contribution < -0.4 is 5.32 Å². The number of thiophene rings is 1. The van der Waals surface area contributed by atoms with Gasteiger partial charge in [0.1, 0.15) is 0 Å². The monoisotopic (exact) mass is 255 g/mol. The molecule has 1 heterocycles. The Bertz CT molecular complexity index is 303. The van der Waals surface area contributed by atoms with Crippen molar-refractivity contribution < 1.29 is 4.74 Å². The van der Waals surface area contributed by atoms with Gasteiger partial charge in [0.05, 0.1) is 12.1 Å². The molecule has 0 radical (unpaired) electrons. The molecule has 0 saturated carbocycles. The highest BCUT2D eigenvalue weighted by Gasteiger charge is 2.33. The van der Waals surface area contributed by atoms with Crippen LogP contribution in [0.25, 0.3) is 0 Å². The molecule has 2 unspecified atom stereocenters. The normalized spacial score (nSPS) is 15.8. The van der Waals surface area contributed by atoms with Gasteiger partial charge in [0, 0.05) is 12.0 Å². The fraction of sp³-hybridized carbons (Fsp3) is 0.714. The van der Waals surface area contributed by atoms with Gasteiger partial charge < -0.3 is 10.1 Å². The molecular weight excluding hydrogens is 230 g/mol. The van der Waals surface area contributed by atoms with Gasteiger partial charge in [-0.05, 0) is 29.8 Å². The average Bonchev–Trinajstić information content (AvgIpc) is 2.75. The second-order valence-corrected chi connectivity index (χ2v) is 6.45. The Morgan fingerprint density at radius 1 is 1.41 bits per heavy atom. The van der Waals surface area contributed by atoms with Crippen molar-refractivity contribution in [1.82, 2.24) is 5.32 Å². The van der Waals surface area contributed by atoms with E-state index in [-0.39, 0.29) is 11.5 Å². The first kappa shape index (κ1) is 14.7. The van der Waals surface area contributed by atoms with Crippen molar-refractivity contribution in [2.45, 2.75) is 46.3 Å². The maximum atomic E-state index is 5.74. The molecule has 1 N–H and O–H groups in total. The summed E-state index contributed by atoms with van der Waals surface area (Å²) in [7, 11) is 1.81. The molecule has 3 heteroatoms. The summed E-state index contributed by atoms with van der Waals surface area (Å²) in [6.07, 6.45) is 1.33. The van der Waals surface area contributed by atoms with Gasteiger partial charge in [-0.15, -0.1) is 11.3 Å². The molecule has 0 fully saturated rings. The Hall–Kier alpha value is -0.380. The number of ether oxygens (including phenoxy) is 1. The zero-order valence-electron chi connectivity index (χ0n) is 11.6. The standard InChI is InChI=1S/C14H25NOS/c1-6-9-15-12(11-8-7-10-17-11)13(16-5)14(2,3)4/h7-8,10,12-13,15H,6,9H2,1-5H3. The van der Waals surface area contributed by atoms with Crippen molar-refractivity contribution in [3.63, 3.8) is 0 Å². The third-order valence-electron chi connectivity index (χ3n) is 2.87. The summed E-state index contributed by atoms with van der Waals surface area (Å²) < 4.78 is 5.74. The van der Waals surface area contributed by atoms with E-state index in [0.29, 0.717) is 6.04 Å². The van der Waals surface area contributed by atoms with Gasteiger partial charge in [-0.1, -0.05) is 33.8 Å². The lowest BCUT2D eigenvalue weighted by Crippen LogP contribution is -2.41. The Balaban J connectivity index is 2.88. The Kier molecular flexibility index (Phi) is 5.63. The Morgan fingerprint density at radius 3 is 2.53 bits per heavy atom. The lowest BCUT2D eigenvalue weighted by Gasteiger charge is -2.36. The molecule has 2 atom stereocenters. The zero-order chi connectivity index (χ0) is 12.9. The average molecular weight is 255 g/mol. The predicted octanol–water partition coefficient (Wildman–Crippen LogP) is 3.85. The first-order valence-electron chi connectivity index (χ1n) is 6.30. The van der Waals surface area contributed by atoms with Crippen LogP contribution in [0.15, 0.2) is 17.5 Å². The van der Waals surface area contributed by atoms with Gasteiger partial charge in [-0.3, -0.25) is 0 Å². The van der Waals surface area contributed by atoms with Crippen LogP contribution in [0, 0.1) is 5.41 Å². The van der Waals surface area contributed by atoms with E-state index in [1.807, 2.05) is 7.11 Å². The fourth-order valence-corrected chi connectivity index (χ4v) is 2.94. The first-order chi connectivity index (χ1) is 8.00. The maximum absolute atomic E-state index is 5.74. The number of hydrogen-bond donors (Lipinski definition) is 1. The van der Waals surface area contributed by atoms with Crippen LogP contribution in [0.5, 0.6) is 0 Å². The highest BCUT2D eigenvalue weighted by molar-refractivity contribution is 7.10. The van der Waals surface area contributed by atoms with Gasteiger partial charge >= 0.3 is 0 Å². The summed E-state index contributed by atoms with van der Waals surface area (Å²) in [5.74, 6) is 0. The van der Waals surface area contributed by atoms with Crippen LogP contribution in [0.2, 0.25) is 0 Å². The molecule has 1 rings (SSSR count). The summed E-state index contributed by atoms with van der Waals surface area (Å²) in [4.78, 5) is 1.36. The number of hydrogen-bond acceptors (Lipinski definition) is 3. The van der Waals surface area contributed by atoms with Gasteiger partial charge in [0.15, 0.2) is 0 Å². The molecule has 0 aliphatic rings. The molecule has 1 aromatic rings. The molecule has 2 nitrogen and oxygen atoms in total. The predicted molar refractivity (Wildman–Crippen MR) is 75.6 cm³/mol. The minimum absolute atomic E-state index is 0.129. The first-order valence-corrected chi connectivity index (χ1v) is 7.18. The lowest BCUT2D eigenvalue weighted by atomic mass is 9.84. The van der Waals surface area contributed by atoms with Crippen molar-refractivity contribution in [3.8, 4) is 0 Å². The second-order valence-electron chi connectivity index (χ2n) is 5.47. The van der Waals surface area contributed by atoms with Crippen molar-refractivity contribution >= 4 is 11.3 Å². The van der Waals surface area contributed by atoms with Gasteiger partial charge in [0.25, 0.3) is 0 Å². The molecular formula is C14H25NOS. The molecule has 0 bridgehead atoms. The molecule has 0 amide bonds. The lowest BCUT2D eigenvalue weighted by molar-refractivity contribution is -0.0110. The number of nitrogens with one attached hydrogen (secondary N) is 1. The molecule has 0 aromatic carbocycles. The topological polar surface area (TPSA) is 21.3 Å². The minimum Gasteiger partial charge on any atom is -0.379 e. The second kappa shape index (κ2) is 6.53. The van der Waals surface area contributed by atoms with E-state index in [4.69, 9.17) is 4.74 Å². The molecule has 0 aliphatic heterocycles. The molecule has 0 aliphatic carbocycles. The third-order valence-corrected chi connectivity index (χ3v) is 3.83. The smallest absolute Gasteiger partial charge is 0.0822 e. The summed E-state index contributed by atoms with van der Waals surface area (Å²) in [5, 5.41) is 5.75. The summed E-state index contributed by atoms with van der Waals surface area (Å²) in [6, 6.07) is 4.59. The minimum atomic E-state index is 0.129. The van der Waals surface area contributed by atoms with Crippen molar-refractivity contribution in [3.05, 3.63) is 22.4 Å². The van der Waals surface area contributed by atoms with E-state index in [1.54, 1.807) is 11.3 Å². The van der Waals surface area contributed by atoms with Crippen LogP contribution in [-0.2, 0) is 4.74 Å². The fourth-order valence-electron chi connectivity index (χ4n) is 2.11. The summed E-state index contributed by atoms with van der Waals surface area (Å²) in [5.41, 5.74) is 0.129. The summed E-state index contributed by atoms with van der Waals surface area (Å²) >= 11 is 1.80. The van der Waals surface area contributed by atoms with Gasteiger partial charge in [-0.25, -0.2) is 0 Å². The van der Waals surface area contributed by atoms with E-state index in [2.05, 4.69) is 50.5 Å². The quantitative estimate of drug-likeness (QED) is 0.833. The SMILES string of the molecule is CCCNC(c1cccs1)C(OC)C(C)(C)C. The molecule has 1 aromatic heterocycles. The van der Waals surface area contributed by atoms with Crippen LogP contribution >= 0.6 is 11.3 Å². The maximum Gasteiger partial charge on any atom is 0.0822 e. The van der Waals surface area contributed by atoms with Crippen LogP contribution in [-0.4, -0.2) is 19.8 Å². The molecule has 17 heavy (non-hydrogen) atoms. The molecule has 0 spiro atoms. The van der Waals surface area contributed by atoms with E-state index < -0.39 is 0 Å². The Morgan fingerprint density at radius 2 is 2.12 bits per heavy atom. The van der Waals surface area contributed by atoms with Crippen LogP contribution in [0.1, 0.15) is 45.0 Å². The van der Waals surface area contributed by atoms with Crippen LogP contribution in [0.4, 0.5) is 0 Å². The van der Waals surface area contributed by atoms with Crippen molar-refractivity contribution in [1.29, 1.82) is 0 Å². The Labute approximate surface area is 109 Å². The van der Waals surface area contributed by atoms with Crippen molar-refractivity contribution in [2.24, 2.45) is 5.41 Å².